The van der Waals surface area contributed by atoms with E-state index in [4.69, 9.17) is 4.74 Å². The molecule has 0 saturated heterocycles. The third kappa shape index (κ3) is 4.07. The maximum Gasteiger partial charge on any atom is 0.283 e. The Morgan fingerprint density at radius 2 is 2.22 bits per heavy atom. The number of nitrogens with one attached hydrogen (secondary N) is 1. The van der Waals surface area contributed by atoms with Gasteiger partial charge in [-0.25, -0.2) is 8.78 Å². The first-order chi connectivity index (χ1) is 12.8. The van der Waals surface area contributed by atoms with Crippen molar-refractivity contribution in [1.82, 2.24) is 9.78 Å². The standard InChI is InChI=1S/C16H15BrF2N4O4/c1-27-11-6-9(23(25)26)4-5-10(11)20-12(24)7-22-15(8-2-3-8)13(17)14(21-22)16(18)19/h4-6,8,16H,2-3,7H2,1H3,(H,20,24). The van der Waals surface area contributed by atoms with Crippen LogP contribution in [0.2, 0.25) is 0 Å². The molecule has 8 nitrogen and oxygen atoms in total. The average Bonchev–Trinajstić information content (AvgIpc) is 3.39. The van der Waals surface area contributed by atoms with Crippen molar-refractivity contribution in [3.8, 4) is 5.75 Å². The topological polar surface area (TPSA) is 99.3 Å². The first-order valence-corrected chi connectivity index (χ1v) is 8.77. The fraction of sp³-hybridized carbons (Fsp3) is 0.375. The second-order valence-electron chi connectivity index (χ2n) is 6.01. The van der Waals surface area contributed by atoms with Gasteiger partial charge in [-0.05, 0) is 34.8 Å². The monoisotopic (exact) mass is 444 g/mol. The van der Waals surface area contributed by atoms with Gasteiger partial charge in [0.1, 0.15) is 18.0 Å². The minimum Gasteiger partial charge on any atom is -0.494 e. The van der Waals surface area contributed by atoms with E-state index in [9.17, 15) is 23.7 Å². The molecule has 1 fully saturated rings. The van der Waals surface area contributed by atoms with Crippen LogP contribution in [-0.2, 0) is 11.3 Å². The van der Waals surface area contributed by atoms with Crippen LogP contribution in [0.5, 0.6) is 5.75 Å². The van der Waals surface area contributed by atoms with Gasteiger partial charge in [0.15, 0.2) is 0 Å². The summed E-state index contributed by atoms with van der Waals surface area (Å²) < 4.78 is 32.8. The quantitative estimate of drug-likeness (QED) is 0.513. The summed E-state index contributed by atoms with van der Waals surface area (Å²) in [4.78, 5) is 22.6. The van der Waals surface area contributed by atoms with Crippen molar-refractivity contribution in [2.45, 2.75) is 31.7 Å². The Labute approximate surface area is 160 Å². The van der Waals surface area contributed by atoms with Crippen molar-refractivity contribution in [2.24, 2.45) is 0 Å². The number of ether oxygens (including phenoxy) is 1. The zero-order chi connectivity index (χ0) is 19.7. The summed E-state index contributed by atoms with van der Waals surface area (Å²) in [6.07, 6.45) is -1.05. The number of benzene rings is 1. The number of aromatic nitrogens is 2. The second-order valence-corrected chi connectivity index (χ2v) is 6.80. The van der Waals surface area contributed by atoms with Gasteiger partial charge in [0.05, 0.1) is 34.0 Å². The highest BCUT2D eigenvalue weighted by Crippen LogP contribution is 2.45. The lowest BCUT2D eigenvalue weighted by Gasteiger charge is -2.11. The van der Waals surface area contributed by atoms with E-state index in [1.807, 2.05) is 0 Å². The summed E-state index contributed by atoms with van der Waals surface area (Å²) in [5.74, 6) is -0.296. The van der Waals surface area contributed by atoms with Gasteiger partial charge in [0.2, 0.25) is 5.91 Å². The van der Waals surface area contributed by atoms with Crippen LogP contribution in [0.1, 0.15) is 36.6 Å². The molecule has 11 heteroatoms. The Bertz CT molecular complexity index is 899. The average molecular weight is 445 g/mol. The van der Waals surface area contributed by atoms with Crippen LogP contribution in [0.4, 0.5) is 20.2 Å². The van der Waals surface area contributed by atoms with E-state index in [-0.39, 0.29) is 34.1 Å². The molecule has 0 radical (unpaired) electrons. The molecule has 0 unspecified atom stereocenters. The molecule has 1 aromatic heterocycles. The number of carbonyl (C=O) groups is 1. The Balaban J connectivity index is 1.81. The second kappa shape index (κ2) is 7.59. The SMILES string of the molecule is COc1cc([N+](=O)[O-])ccc1NC(=O)Cn1nc(C(F)F)c(Br)c1C1CC1. The zero-order valence-corrected chi connectivity index (χ0v) is 15.7. The molecular formula is C16H15BrF2N4O4. The summed E-state index contributed by atoms with van der Waals surface area (Å²) in [6, 6.07) is 3.76. The molecule has 1 N–H and O–H groups in total. The van der Waals surface area contributed by atoms with E-state index >= 15 is 0 Å². The van der Waals surface area contributed by atoms with Gasteiger partial charge >= 0.3 is 0 Å². The Morgan fingerprint density at radius 3 is 2.78 bits per heavy atom. The van der Waals surface area contributed by atoms with Crippen molar-refractivity contribution >= 4 is 33.2 Å². The molecule has 1 aliphatic rings. The van der Waals surface area contributed by atoms with Crippen LogP contribution in [0.25, 0.3) is 0 Å². The molecular weight excluding hydrogens is 430 g/mol. The van der Waals surface area contributed by atoms with Gasteiger partial charge in [-0.1, -0.05) is 0 Å². The highest BCUT2D eigenvalue weighted by molar-refractivity contribution is 9.10. The summed E-state index contributed by atoms with van der Waals surface area (Å²) in [5.41, 5.74) is 0.244. The maximum absolute atomic E-state index is 13.1. The largest absolute Gasteiger partial charge is 0.494 e. The molecule has 1 heterocycles. The van der Waals surface area contributed by atoms with E-state index in [0.717, 1.165) is 12.8 Å². The number of anilines is 1. The minimum atomic E-state index is -2.75. The zero-order valence-electron chi connectivity index (χ0n) is 14.1. The van der Waals surface area contributed by atoms with Crippen LogP contribution in [0, 0.1) is 10.1 Å². The smallest absolute Gasteiger partial charge is 0.283 e. The van der Waals surface area contributed by atoms with Crippen molar-refractivity contribution in [3.63, 3.8) is 0 Å². The molecule has 1 aliphatic carbocycles. The molecule has 27 heavy (non-hydrogen) atoms. The summed E-state index contributed by atoms with van der Waals surface area (Å²) in [7, 11) is 1.32. The molecule has 144 valence electrons. The van der Waals surface area contributed by atoms with E-state index < -0.39 is 22.9 Å². The number of nitro groups is 1. The molecule has 0 aliphatic heterocycles. The normalized spacial score (nSPS) is 13.7. The summed E-state index contributed by atoms with van der Waals surface area (Å²) >= 11 is 3.17. The Hall–Kier alpha value is -2.56. The number of hydrogen-bond donors (Lipinski definition) is 1. The number of hydrogen-bond acceptors (Lipinski definition) is 5. The third-order valence-corrected chi connectivity index (χ3v) is 4.90. The molecule has 0 atom stereocenters. The number of rotatable bonds is 7. The van der Waals surface area contributed by atoms with E-state index in [2.05, 4.69) is 26.3 Å². The van der Waals surface area contributed by atoms with Gasteiger partial charge < -0.3 is 10.1 Å². The van der Waals surface area contributed by atoms with Crippen LogP contribution in [-0.4, -0.2) is 27.7 Å². The van der Waals surface area contributed by atoms with Crippen molar-refractivity contribution in [1.29, 1.82) is 0 Å². The fourth-order valence-corrected chi connectivity index (χ4v) is 3.48. The maximum atomic E-state index is 13.1. The molecule has 3 rings (SSSR count). The highest BCUT2D eigenvalue weighted by Gasteiger charge is 2.34. The van der Waals surface area contributed by atoms with Crippen molar-refractivity contribution in [2.75, 3.05) is 12.4 Å². The highest BCUT2D eigenvalue weighted by atomic mass is 79.9. The molecule has 2 aromatic rings. The third-order valence-electron chi connectivity index (χ3n) is 4.09. The number of non-ortho nitro benzene ring substituents is 1. The lowest BCUT2D eigenvalue weighted by molar-refractivity contribution is -0.384. The molecule has 0 spiro atoms. The first-order valence-electron chi connectivity index (χ1n) is 7.98. The molecule has 1 aromatic carbocycles. The van der Waals surface area contributed by atoms with Gasteiger partial charge in [-0.2, -0.15) is 5.10 Å². The Morgan fingerprint density at radius 1 is 1.52 bits per heavy atom. The number of halogens is 3. The van der Waals surface area contributed by atoms with Crippen LogP contribution in [0.15, 0.2) is 22.7 Å². The van der Waals surface area contributed by atoms with Crippen molar-refractivity contribution in [3.05, 3.63) is 44.2 Å². The Kier molecular flexibility index (Phi) is 5.40. The van der Waals surface area contributed by atoms with Gasteiger partial charge in [0.25, 0.3) is 12.1 Å². The predicted molar refractivity (Wildman–Crippen MR) is 95.1 cm³/mol. The first kappa shape index (κ1) is 19.2. The number of nitro benzene ring substituents is 1. The lowest BCUT2D eigenvalue weighted by Crippen LogP contribution is -2.21. The van der Waals surface area contributed by atoms with Crippen molar-refractivity contribution < 1.29 is 23.2 Å². The van der Waals surface area contributed by atoms with Gasteiger partial charge in [-0.3, -0.25) is 19.6 Å². The van der Waals surface area contributed by atoms with Crippen LogP contribution >= 0.6 is 15.9 Å². The molecule has 0 bridgehead atoms. The number of carbonyl (C=O) groups excluding carboxylic acids is 1. The van der Waals surface area contributed by atoms with Gasteiger partial charge in [-0.15, -0.1) is 0 Å². The van der Waals surface area contributed by atoms with E-state index in [0.29, 0.717) is 5.69 Å². The lowest BCUT2D eigenvalue weighted by atomic mass is 10.2. The fourth-order valence-electron chi connectivity index (χ4n) is 2.70. The number of alkyl halides is 2. The predicted octanol–water partition coefficient (Wildman–Crippen LogP) is 4.02. The summed E-state index contributed by atoms with van der Waals surface area (Å²) in [5, 5.41) is 17.3. The number of nitrogens with zero attached hydrogens (tertiary/aromatic N) is 3. The molecule has 1 saturated carbocycles. The van der Waals surface area contributed by atoms with E-state index in [1.54, 1.807) is 0 Å². The summed E-state index contributed by atoms with van der Waals surface area (Å²) in [6.45, 7) is -0.267. The van der Waals surface area contributed by atoms with Gasteiger partial charge in [0, 0.05) is 12.0 Å². The number of methoxy groups -OCH3 is 1. The minimum absolute atomic E-state index is 0.0982. The van der Waals surface area contributed by atoms with Crippen LogP contribution in [0.3, 0.4) is 0 Å². The molecule has 1 amide bonds. The number of amides is 1. The van der Waals surface area contributed by atoms with Crippen LogP contribution < -0.4 is 10.1 Å². The van der Waals surface area contributed by atoms with E-state index in [1.165, 1.54) is 30.0 Å².